The second-order valence-electron chi connectivity index (χ2n) is 11.1. The van der Waals surface area contributed by atoms with E-state index >= 15 is 0 Å². The lowest BCUT2D eigenvalue weighted by Gasteiger charge is -2.39. The minimum Gasteiger partial charge on any atom is -0.375 e. The minimum atomic E-state index is -5.12. The van der Waals surface area contributed by atoms with E-state index in [1.165, 1.54) is 21.9 Å². The number of hydrogen-bond acceptors (Lipinski definition) is 4. The van der Waals surface area contributed by atoms with E-state index in [1.807, 2.05) is 13.1 Å². The highest BCUT2D eigenvalue weighted by Crippen LogP contribution is 2.61. The van der Waals surface area contributed by atoms with Crippen LogP contribution >= 0.6 is 11.6 Å². The van der Waals surface area contributed by atoms with Gasteiger partial charge in [-0.1, -0.05) is 41.9 Å². The normalized spacial score (nSPS) is 19.9. The summed E-state index contributed by atoms with van der Waals surface area (Å²) in [6.45, 7) is 1.21. The molecular weight excluding hydrogens is 531 g/mol. The van der Waals surface area contributed by atoms with E-state index in [2.05, 4.69) is 4.90 Å². The molecular formula is C29H35ClF3N3O3. The van der Waals surface area contributed by atoms with Crippen LogP contribution in [0.25, 0.3) is 0 Å². The number of hydrogen-bond donors (Lipinski definition) is 1. The lowest BCUT2D eigenvalue weighted by Crippen LogP contribution is -2.57. The summed E-state index contributed by atoms with van der Waals surface area (Å²) in [5, 5.41) is 11.0. The molecule has 1 saturated heterocycles. The van der Waals surface area contributed by atoms with Crippen LogP contribution in [0.5, 0.6) is 0 Å². The summed E-state index contributed by atoms with van der Waals surface area (Å²) in [6.07, 6.45) is -0.920. The van der Waals surface area contributed by atoms with E-state index < -0.39 is 23.2 Å². The van der Waals surface area contributed by atoms with E-state index in [0.29, 0.717) is 29.3 Å². The van der Waals surface area contributed by atoms with Crippen LogP contribution in [0, 0.1) is 11.3 Å². The summed E-state index contributed by atoms with van der Waals surface area (Å²) in [5.41, 5.74) is -2.57. The standard InChI is InChI=1S/C29H35ClF3N3O3/c1-34(2)25(37)23-12-11-22(18-24(23)30)35(3)15-7-10-21-19-27(21)13-16-36(17-14-27)26(38)28(39,29(31,32)33)20-8-5-4-6-9-20/h4-6,8-9,11-12,18,21,39H,7,10,13-17,19H2,1-3H3. The van der Waals surface area contributed by atoms with Crippen molar-refractivity contribution in [2.75, 3.05) is 45.7 Å². The molecule has 4 rings (SSSR count). The van der Waals surface area contributed by atoms with Crippen molar-refractivity contribution in [3.8, 4) is 0 Å². The number of alkyl halides is 3. The van der Waals surface area contributed by atoms with Crippen molar-refractivity contribution in [3.63, 3.8) is 0 Å². The van der Waals surface area contributed by atoms with Gasteiger partial charge in [0.05, 0.1) is 10.6 Å². The third-order valence-corrected chi connectivity index (χ3v) is 8.71. The maximum atomic E-state index is 13.9. The van der Waals surface area contributed by atoms with Gasteiger partial charge in [-0.3, -0.25) is 9.59 Å². The predicted octanol–water partition coefficient (Wildman–Crippen LogP) is 5.34. The Labute approximate surface area is 232 Å². The molecule has 2 aromatic carbocycles. The average Bonchev–Trinajstić information content (AvgIpc) is 3.58. The largest absolute Gasteiger partial charge is 0.430 e. The average molecular weight is 566 g/mol. The Kier molecular flexibility index (Phi) is 8.24. The molecule has 1 aliphatic heterocycles. The van der Waals surface area contributed by atoms with Gasteiger partial charge in [-0.25, -0.2) is 0 Å². The number of aliphatic hydroxyl groups is 1. The molecule has 39 heavy (non-hydrogen) atoms. The van der Waals surface area contributed by atoms with E-state index in [9.17, 15) is 27.9 Å². The van der Waals surface area contributed by atoms with Gasteiger partial charge in [-0.2, -0.15) is 13.2 Å². The third-order valence-electron chi connectivity index (χ3n) is 8.39. The molecule has 212 valence electrons. The van der Waals surface area contributed by atoms with Crippen LogP contribution in [0.3, 0.4) is 0 Å². The Morgan fingerprint density at radius 1 is 1.08 bits per heavy atom. The number of halogens is 4. The molecule has 1 spiro atoms. The summed E-state index contributed by atoms with van der Waals surface area (Å²) in [7, 11) is 5.33. The van der Waals surface area contributed by atoms with E-state index in [4.69, 9.17) is 11.6 Å². The molecule has 2 atom stereocenters. The van der Waals surface area contributed by atoms with E-state index in [1.54, 1.807) is 32.3 Å². The number of likely N-dealkylation sites (tertiary alicyclic amines) is 1. The first-order valence-corrected chi connectivity index (χ1v) is 13.5. The molecule has 2 amide bonds. The van der Waals surface area contributed by atoms with Crippen molar-refractivity contribution < 1.29 is 27.9 Å². The summed E-state index contributed by atoms with van der Waals surface area (Å²) < 4.78 is 41.8. The highest BCUT2D eigenvalue weighted by Gasteiger charge is 2.63. The maximum absolute atomic E-state index is 13.9. The lowest BCUT2D eigenvalue weighted by atomic mass is 9.86. The molecule has 2 aromatic rings. The first kappa shape index (κ1) is 29.2. The van der Waals surface area contributed by atoms with Crippen LogP contribution in [0.2, 0.25) is 5.02 Å². The van der Waals surface area contributed by atoms with Gasteiger partial charge in [0.1, 0.15) is 0 Å². The van der Waals surface area contributed by atoms with Crippen LogP contribution in [-0.4, -0.2) is 73.7 Å². The lowest BCUT2D eigenvalue weighted by molar-refractivity contribution is -0.262. The molecule has 1 aliphatic carbocycles. The van der Waals surface area contributed by atoms with Crippen molar-refractivity contribution >= 4 is 29.1 Å². The fraction of sp³-hybridized carbons (Fsp3) is 0.517. The molecule has 10 heteroatoms. The van der Waals surface area contributed by atoms with Crippen LogP contribution < -0.4 is 4.90 Å². The minimum absolute atomic E-state index is 0.0654. The van der Waals surface area contributed by atoms with Gasteiger partial charge in [-0.15, -0.1) is 0 Å². The number of piperidine rings is 1. The van der Waals surface area contributed by atoms with E-state index in [-0.39, 0.29) is 24.4 Å². The van der Waals surface area contributed by atoms with Crippen LogP contribution in [0.4, 0.5) is 18.9 Å². The predicted molar refractivity (Wildman–Crippen MR) is 145 cm³/mol. The highest BCUT2D eigenvalue weighted by atomic mass is 35.5. The molecule has 1 saturated carbocycles. The topological polar surface area (TPSA) is 64.1 Å². The molecule has 0 aromatic heterocycles. The van der Waals surface area contributed by atoms with Crippen LogP contribution in [0.1, 0.15) is 48.0 Å². The molecule has 2 fully saturated rings. The molecule has 1 N–H and O–H groups in total. The second-order valence-corrected chi connectivity index (χ2v) is 11.5. The van der Waals surface area contributed by atoms with Gasteiger partial charge in [-0.05, 0) is 61.6 Å². The number of benzene rings is 2. The Balaban J connectivity index is 1.28. The number of anilines is 1. The molecule has 6 nitrogen and oxygen atoms in total. The zero-order valence-electron chi connectivity index (χ0n) is 22.5. The zero-order chi connectivity index (χ0) is 28.6. The van der Waals surface area contributed by atoms with Crippen molar-refractivity contribution in [2.24, 2.45) is 11.3 Å². The molecule has 2 aliphatic rings. The van der Waals surface area contributed by atoms with E-state index in [0.717, 1.165) is 43.6 Å². The first-order valence-electron chi connectivity index (χ1n) is 13.2. The first-order chi connectivity index (χ1) is 18.3. The summed E-state index contributed by atoms with van der Waals surface area (Å²) in [4.78, 5) is 29.9. The number of rotatable bonds is 8. The van der Waals surface area contributed by atoms with Crippen molar-refractivity contribution in [2.45, 2.75) is 43.9 Å². The highest BCUT2D eigenvalue weighted by molar-refractivity contribution is 6.34. The molecule has 0 bridgehead atoms. The second kappa shape index (κ2) is 11.0. The van der Waals surface area contributed by atoms with Crippen LogP contribution in [0.15, 0.2) is 48.5 Å². The fourth-order valence-corrected chi connectivity index (χ4v) is 6.04. The van der Waals surface area contributed by atoms with Gasteiger partial charge in [0.25, 0.3) is 17.4 Å². The maximum Gasteiger partial charge on any atom is 0.430 e. The summed E-state index contributed by atoms with van der Waals surface area (Å²) in [5.74, 6) is -0.974. The third kappa shape index (κ3) is 5.75. The van der Waals surface area contributed by atoms with Gasteiger partial charge < -0.3 is 19.8 Å². The van der Waals surface area contributed by atoms with Gasteiger partial charge in [0.2, 0.25) is 0 Å². The molecule has 1 heterocycles. The number of nitrogens with zero attached hydrogens (tertiary/aromatic N) is 3. The number of amides is 2. The van der Waals surface area contributed by atoms with Gasteiger partial charge in [0.15, 0.2) is 0 Å². The van der Waals surface area contributed by atoms with Gasteiger partial charge >= 0.3 is 6.18 Å². The number of carbonyl (C=O) groups is 2. The quantitative estimate of drug-likeness (QED) is 0.469. The summed E-state index contributed by atoms with van der Waals surface area (Å²) >= 11 is 6.35. The Morgan fingerprint density at radius 3 is 2.28 bits per heavy atom. The van der Waals surface area contributed by atoms with Crippen molar-refractivity contribution in [1.29, 1.82) is 0 Å². The Morgan fingerprint density at radius 2 is 1.72 bits per heavy atom. The van der Waals surface area contributed by atoms with Crippen molar-refractivity contribution in [1.82, 2.24) is 9.80 Å². The Hall–Kier alpha value is -2.78. The zero-order valence-corrected chi connectivity index (χ0v) is 23.2. The van der Waals surface area contributed by atoms with Gasteiger partial charge in [0, 0.05) is 52.0 Å². The smallest absolute Gasteiger partial charge is 0.375 e. The van der Waals surface area contributed by atoms with Crippen molar-refractivity contribution in [3.05, 3.63) is 64.7 Å². The summed E-state index contributed by atoms with van der Waals surface area (Å²) in [6, 6.07) is 12.0. The SMILES string of the molecule is CN(C)C(=O)c1ccc(N(C)CCCC2CC23CCN(C(=O)C(O)(c2ccccc2)C(F)(F)F)CC3)cc1Cl. The molecule has 2 unspecified atom stereocenters. The number of carbonyl (C=O) groups excluding carboxylic acids is 2. The fourth-order valence-electron chi connectivity index (χ4n) is 5.78. The molecule has 0 radical (unpaired) electrons. The monoisotopic (exact) mass is 565 g/mol. The Bertz CT molecular complexity index is 1200. The van der Waals surface area contributed by atoms with Crippen LogP contribution in [-0.2, 0) is 10.4 Å².